The van der Waals surface area contributed by atoms with Crippen molar-refractivity contribution in [3.05, 3.63) is 53.3 Å². The number of hydrogen-bond donors (Lipinski definition) is 2. The van der Waals surface area contributed by atoms with Gasteiger partial charge >= 0.3 is 0 Å². The molecule has 0 aliphatic heterocycles. The quantitative estimate of drug-likeness (QED) is 0.850. The van der Waals surface area contributed by atoms with Crippen LogP contribution in [-0.4, -0.2) is 12.0 Å². The number of rotatable bonds is 4. The number of anilines is 2. The molecule has 0 bridgehead atoms. The second-order valence-electron chi connectivity index (χ2n) is 4.43. The van der Waals surface area contributed by atoms with Crippen LogP contribution in [0.5, 0.6) is 5.75 Å². The van der Waals surface area contributed by atoms with Crippen molar-refractivity contribution in [1.82, 2.24) is 0 Å². The van der Waals surface area contributed by atoms with Gasteiger partial charge < -0.3 is 15.8 Å². The molecule has 0 spiro atoms. The Balaban J connectivity index is 2.00. The topological polar surface area (TPSA) is 64.3 Å². The number of carbonyl (C=O) groups excluding carboxylic acids is 1. The van der Waals surface area contributed by atoms with Crippen molar-refractivity contribution >= 4 is 28.9 Å². The molecule has 0 saturated heterocycles. The van der Waals surface area contributed by atoms with Gasteiger partial charge in [-0.3, -0.25) is 4.79 Å². The van der Waals surface area contributed by atoms with Crippen LogP contribution in [0.1, 0.15) is 6.92 Å². The van der Waals surface area contributed by atoms with E-state index in [1.165, 1.54) is 12.1 Å². The zero-order valence-electron chi connectivity index (χ0n) is 11.3. The largest absolute Gasteiger partial charge is 0.481 e. The summed E-state index contributed by atoms with van der Waals surface area (Å²) >= 11 is 5.77. The highest BCUT2D eigenvalue weighted by Gasteiger charge is 2.16. The summed E-state index contributed by atoms with van der Waals surface area (Å²) in [7, 11) is 0. The minimum Gasteiger partial charge on any atom is -0.481 e. The minimum atomic E-state index is -0.740. The number of nitrogens with two attached hydrogens (primary N) is 1. The first-order valence-electron chi connectivity index (χ1n) is 6.24. The van der Waals surface area contributed by atoms with Crippen molar-refractivity contribution in [2.75, 3.05) is 11.1 Å². The first-order valence-corrected chi connectivity index (χ1v) is 6.61. The predicted octanol–water partition coefficient (Wildman–Crippen LogP) is 3.47. The number of hydrogen-bond acceptors (Lipinski definition) is 3. The first kappa shape index (κ1) is 15.1. The number of nitrogen functional groups attached to an aromatic ring is 1. The van der Waals surface area contributed by atoms with E-state index >= 15 is 0 Å². The van der Waals surface area contributed by atoms with E-state index in [0.29, 0.717) is 16.5 Å². The summed E-state index contributed by atoms with van der Waals surface area (Å²) in [5.41, 5.74) is 6.12. The summed E-state index contributed by atoms with van der Waals surface area (Å²) in [6.07, 6.45) is -0.740. The molecule has 0 radical (unpaired) electrons. The summed E-state index contributed by atoms with van der Waals surface area (Å²) in [5.74, 6) is -0.326. The van der Waals surface area contributed by atoms with Gasteiger partial charge in [0.15, 0.2) is 6.10 Å². The zero-order valence-corrected chi connectivity index (χ0v) is 12.0. The zero-order chi connectivity index (χ0) is 15.4. The Kier molecular flexibility index (Phi) is 4.65. The van der Waals surface area contributed by atoms with Gasteiger partial charge in [0.1, 0.15) is 11.6 Å². The van der Waals surface area contributed by atoms with Crippen molar-refractivity contribution in [3.63, 3.8) is 0 Å². The Morgan fingerprint density at radius 1 is 1.29 bits per heavy atom. The third-order valence-corrected chi connectivity index (χ3v) is 3.02. The fourth-order valence-corrected chi connectivity index (χ4v) is 1.78. The van der Waals surface area contributed by atoms with Gasteiger partial charge in [0.2, 0.25) is 0 Å². The van der Waals surface area contributed by atoms with E-state index in [-0.39, 0.29) is 11.6 Å². The van der Waals surface area contributed by atoms with E-state index in [9.17, 15) is 9.18 Å². The molecule has 2 aromatic carbocycles. The van der Waals surface area contributed by atoms with Crippen LogP contribution >= 0.6 is 11.6 Å². The van der Waals surface area contributed by atoms with Crippen LogP contribution in [0.15, 0.2) is 42.5 Å². The molecule has 1 amide bonds. The van der Waals surface area contributed by atoms with Gasteiger partial charge in [0, 0.05) is 5.02 Å². The number of amides is 1. The number of ether oxygens (including phenoxy) is 1. The van der Waals surface area contributed by atoms with E-state index in [2.05, 4.69) is 5.32 Å². The van der Waals surface area contributed by atoms with Gasteiger partial charge in [0.05, 0.1) is 11.4 Å². The molecule has 2 aromatic rings. The second-order valence-corrected chi connectivity index (χ2v) is 4.87. The van der Waals surface area contributed by atoms with Crippen LogP contribution in [0.2, 0.25) is 5.02 Å². The van der Waals surface area contributed by atoms with Crippen LogP contribution in [0.4, 0.5) is 15.8 Å². The van der Waals surface area contributed by atoms with E-state index in [1.54, 1.807) is 31.2 Å². The minimum absolute atomic E-state index is 0.155. The highest BCUT2D eigenvalue weighted by Crippen LogP contribution is 2.20. The van der Waals surface area contributed by atoms with Crippen molar-refractivity contribution in [1.29, 1.82) is 0 Å². The van der Waals surface area contributed by atoms with Gasteiger partial charge in [0.25, 0.3) is 5.91 Å². The molecule has 1 unspecified atom stereocenters. The molecular weight excluding hydrogens is 295 g/mol. The molecule has 0 saturated carbocycles. The van der Waals surface area contributed by atoms with Gasteiger partial charge in [-0.15, -0.1) is 0 Å². The maximum absolute atomic E-state index is 12.9. The van der Waals surface area contributed by atoms with Crippen molar-refractivity contribution < 1.29 is 13.9 Å². The fourth-order valence-electron chi connectivity index (χ4n) is 1.65. The second kappa shape index (κ2) is 6.45. The lowest BCUT2D eigenvalue weighted by molar-refractivity contribution is -0.122. The summed E-state index contributed by atoms with van der Waals surface area (Å²) < 4.78 is 18.4. The molecule has 0 aliphatic carbocycles. The molecule has 1 atom stereocenters. The Morgan fingerprint density at radius 3 is 2.57 bits per heavy atom. The van der Waals surface area contributed by atoms with Crippen molar-refractivity contribution in [2.45, 2.75) is 13.0 Å². The SMILES string of the molecule is CC(Oc1ccc(Cl)cc1)C(=O)Nc1ccc(F)cc1N. The number of carbonyl (C=O) groups is 1. The Morgan fingerprint density at radius 2 is 1.95 bits per heavy atom. The van der Waals surface area contributed by atoms with Crippen LogP contribution in [0.25, 0.3) is 0 Å². The van der Waals surface area contributed by atoms with Crippen LogP contribution in [0.3, 0.4) is 0 Å². The molecule has 3 N–H and O–H groups in total. The fraction of sp³-hybridized carbons (Fsp3) is 0.133. The highest BCUT2D eigenvalue weighted by atomic mass is 35.5. The molecule has 0 fully saturated rings. The standard InChI is InChI=1S/C15H14ClFN2O2/c1-9(21-12-5-2-10(16)3-6-12)15(20)19-14-7-4-11(17)8-13(14)18/h2-9H,18H2,1H3,(H,19,20). The monoisotopic (exact) mass is 308 g/mol. The Labute approximate surface area is 126 Å². The summed E-state index contributed by atoms with van der Waals surface area (Å²) in [6.45, 7) is 1.60. The molecule has 2 rings (SSSR count). The van der Waals surface area contributed by atoms with Gasteiger partial charge in [-0.25, -0.2) is 4.39 Å². The third-order valence-electron chi connectivity index (χ3n) is 2.77. The average molecular weight is 309 g/mol. The molecule has 0 aromatic heterocycles. The number of benzene rings is 2. The lowest BCUT2D eigenvalue weighted by Crippen LogP contribution is -2.30. The van der Waals surface area contributed by atoms with Gasteiger partial charge in [-0.05, 0) is 49.4 Å². The first-order chi connectivity index (χ1) is 9.95. The van der Waals surface area contributed by atoms with Crippen LogP contribution < -0.4 is 15.8 Å². The van der Waals surface area contributed by atoms with Crippen LogP contribution in [-0.2, 0) is 4.79 Å². The molecule has 21 heavy (non-hydrogen) atoms. The molecule has 110 valence electrons. The lowest BCUT2D eigenvalue weighted by Gasteiger charge is -2.15. The maximum atomic E-state index is 12.9. The van der Waals surface area contributed by atoms with E-state index in [0.717, 1.165) is 6.07 Å². The van der Waals surface area contributed by atoms with Crippen molar-refractivity contribution in [3.8, 4) is 5.75 Å². The lowest BCUT2D eigenvalue weighted by atomic mass is 10.2. The molecule has 0 aliphatic rings. The van der Waals surface area contributed by atoms with Crippen molar-refractivity contribution in [2.24, 2.45) is 0 Å². The predicted molar refractivity (Wildman–Crippen MR) is 81.0 cm³/mol. The summed E-state index contributed by atoms with van der Waals surface area (Å²) in [4.78, 5) is 12.0. The summed E-state index contributed by atoms with van der Waals surface area (Å²) in [5, 5.41) is 3.17. The van der Waals surface area contributed by atoms with Gasteiger partial charge in [-0.2, -0.15) is 0 Å². The van der Waals surface area contributed by atoms with E-state index in [4.69, 9.17) is 22.1 Å². The number of halogens is 2. The van der Waals surface area contributed by atoms with E-state index < -0.39 is 11.9 Å². The summed E-state index contributed by atoms with van der Waals surface area (Å²) in [6, 6.07) is 10.4. The van der Waals surface area contributed by atoms with Crippen LogP contribution in [0, 0.1) is 5.82 Å². The molecule has 4 nitrogen and oxygen atoms in total. The number of nitrogens with one attached hydrogen (secondary N) is 1. The molecular formula is C15H14ClFN2O2. The molecule has 0 heterocycles. The normalized spacial score (nSPS) is 11.8. The smallest absolute Gasteiger partial charge is 0.265 e. The Hall–Kier alpha value is -2.27. The van der Waals surface area contributed by atoms with Gasteiger partial charge in [-0.1, -0.05) is 11.6 Å². The maximum Gasteiger partial charge on any atom is 0.265 e. The third kappa shape index (κ3) is 4.10. The average Bonchev–Trinajstić information content (AvgIpc) is 2.44. The van der Waals surface area contributed by atoms with E-state index in [1.807, 2.05) is 0 Å². The molecule has 6 heteroatoms. The Bertz CT molecular complexity index is 647. The highest BCUT2D eigenvalue weighted by molar-refractivity contribution is 6.30.